The van der Waals surface area contributed by atoms with Gasteiger partial charge in [-0.05, 0) is 49.5 Å². The van der Waals surface area contributed by atoms with Crippen LogP contribution >= 0.6 is 0 Å². The second kappa shape index (κ2) is 5.35. The SMILES string of the molecule is CCc1cc(CN2CCCCC2)ccc1O. The monoisotopic (exact) mass is 219 g/mol. The van der Waals surface area contributed by atoms with Crippen LogP contribution in [0.2, 0.25) is 0 Å². The van der Waals surface area contributed by atoms with Crippen LogP contribution in [-0.2, 0) is 13.0 Å². The van der Waals surface area contributed by atoms with Gasteiger partial charge in [-0.15, -0.1) is 0 Å². The zero-order chi connectivity index (χ0) is 11.4. The number of phenolic OH excluding ortho intramolecular Hbond substituents is 1. The van der Waals surface area contributed by atoms with E-state index in [9.17, 15) is 5.11 Å². The lowest BCUT2D eigenvalue weighted by molar-refractivity contribution is 0.221. The predicted molar refractivity (Wildman–Crippen MR) is 66.6 cm³/mol. The third-order valence-corrected chi connectivity index (χ3v) is 3.38. The largest absolute Gasteiger partial charge is 0.508 e. The van der Waals surface area contributed by atoms with Gasteiger partial charge in [0, 0.05) is 6.54 Å². The highest BCUT2D eigenvalue weighted by Crippen LogP contribution is 2.21. The molecule has 0 bridgehead atoms. The predicted octanol–water partition coefficient (Wildman–Crippen LogP) is 2.94. The van der Waals surface area contributed by atoms with E-state index in [4.69, 9.17) is 0 Å². The highest BCUT2D eigenvalue weighted by molar-refractivity contribution is 5.36. The van der Waals surface area contributed by atoms with Crippen molar-refractivity contribution in [2.45, 2.75) is 39.2 Å². The number of aryl methyl sites for hydroxylation is 1. The van der Waals surface area contributed by atoms with Gasteiger partial charge in [0.25, 0.3) is 0 Å². The van der Waals surface area contributed by atoms with Gasteiger partial charge in [0.1, 0.15) is 5.75 Å². The minimum Gasteiger partial charge on any atom is -0.508 e. The average Bonchev–Trinajstić information content (AvgIpc) is 2.33. The maximum absolute atomic E-state index is 9.63. The van der Waals surface area contributed by atoms with E-state index in [1.54, 1.807) is 0 Å². The molecule has 0 aromatic heterocycles. The molecule has 2 heteroatoms. The number of likely N-dealkylation sites (tertiary alicyclic amines) is 1. The van der Waals surface area contributed by atoms with E-state index in [2.05, 4.69) is 17.9 Å². The molecule has 1 aliphatic heterocycles. The van der Waals surface area contributed by atoms with Crippen molar-refractivity contribution < 1.29 is 5.11 Å². The lowest BCUT2D eigenvalue weighted by Gasteiger charge is -2.26. The minimum atomic E-state index is 0.435. The molecule has 1 saturated heterocycles. The molecule has 1 N–H and O–H groups in total. The van der Waals surface area contributed by atoms with Crippen LogP contribution < -0.4 is 0 Å². The second-order valence-corrected chi connectivity index (χ2v) is 4.65. The van der Waals surface area contributed by atoms with Crippen LogP contribution in [0, 0.1) is 0 Å². The highest BCUT2D eigenvalue weighted by Gasteiger charge is 2.11. The van der Waals surface area contributed by atoms with Crippen molar-refractivity contribution in [3.63, 3.8) is 0 Å². The number of benzene rings is 1. The van der Waals surface area contributed by atoms with Gasteiger partial charge in [-0.3, -0.25) is 4.90 Å². The topological polar surface area (TPSA) is 23.5 Å². The summed E-state index contributed by atoms with van der Waals surface area (Å²) in [5.74, 6) is 0.435. The smallest absolute Gasteiger partial charge is 0.118 e. The lowest BCUT2D eigenvalue weighted by Crippen LogP contribution is -2.29. The van der Waals surface area contributed by atoms with Gasteiger partial charge >= 0.3 is 0 Å². The van der Waals surface area contributed by atoms with E-state index in [0.717, 1.165) is 18.5 Å². The van der Waals surface area contributed by atoms with Crippen LogP contribution in [0.3, 0.4) is 0 Å². The summed E-state index contributed by atoms with van der Waals surface area (Å²) < 4.78 is 0. The first-order chi connectivity index (χ1) is 7.79. The Bertz CT molecular complexity index is 343. The zero-order valence-corrected chi connectivity index (χ0v) is 10.1. The molecule has 1 fully saturated rings. The van der Waals surface area contributed by atoms with Crippen LogP contribution in [0.4, 0.5) is 0 Å². The van der Waals surface area contributed by atoms with Gasteiger partial charge in [0.2, 0.25) is 0 Å². The summed E-state index contributed by atoms with van der Waals surface area (Å²) in [7, 11) is 0. The summed E-state index contributed by atoms with van der Waals surface area (Å²) in [5, 5.41) is 9.63. The molecule has 0 unspecified atom stereocenters. The first kappa shape index (κ1) is 11.5. The van der Waals surface area contributed by atoms with Crippen molar-refractivity contribution in [2.75, 3.05) is 13.1 Å². The summed E-state index contributed by atoms with van der Waals surface area (Å²) >= 11 is 0. The molecule has 0 spiro atoms. The normalized spacial score (nSPS) is 17.6. The van der Waals surface area contributed by atoms with Crippen molar-refractivity contribution in [3.05, 3.63) is 29.3 Å². The summed E-state index contributed by atoms with van der Waals surface area (Å²) in [6, 6.07) is 6.02. The van der Waals surface area contributed by atoms with Crippen LogP contribution in [0.15, 0.2) is 18.2 Å². The number of piperidine rings is 1. The van der Waals surface area contributed by atoms with E-state index in [1.165, 1.54) is 37.9 Å². The standard InChI is InChI=1S/C14H21NO/c1-2-13-10-12(6-7-14(13)16)11-15-8-4-3-5-9-15/h6-7,10,16H,2-5,8-9,11H2,1H3. The molecule has 0 radical (unpaired) electrons. The Hall–Kier alpha value is -1.02. The van der Waals surface area contributed by atoms with Crippen LogP contribution in [0.1, 0.15) is 37.3 Å². The number of nitrogens with zero attached hydrogens (tertiary/aromatic N) is 1. The molecule has 0 saturated carbocycles. The van der Waals surface area contributed by atoms with Crippen molar-refractivity contribution in [3.8, 4) is 5.75 Å². The van der Waals surface area contributed by atoms with Crippen molar-refractivity contribution >= 4 is 0 Å². The number of rotatable bonds is 3. The zero-order valence-electron chi connectivity index (χ0n) is 10.1. The lowest BCUT2D eigenvalue weighted by atomic mass is 10.1. The molecule has 1 aromatic carbocycles. The van der Waals surface area contributed by atoms with Crippen LogP contribution in [-0.4, -0.2) is 23.1 Å². The molecule has 88 valence electrons. The molecule has 2 nitrogen and oxygen atoms in total. The molecule has 1 heterocycles. The summed E-state index contributed by atoms with van der Waals surface area (Å²) in [4.78, 5) is 2.51. The summed E-state index contributed by atoms with van der Waals surface area (Å²) in [6.07, 6.45) is 4.95. The molecule has 0 amide bonds. The molecular weight excluding hydrogens is 198 g/mol. The number of hydrogen-bond donors (Lipinski definition) is 1. The second-order valence-electron chi connectivity index (χ2n) is 4.65. The number of phenols is 1. The summed E-state index contributed by atoms with van der Waals surface area (Å²) in [5.41, 5.74) is 2.39. The van der Waals surface area contributed by atoms with E-state index in [0.29, 0.717) is 5.75 Å². The van der Waals surface area contributed by atoms with Crippen molar-refractivity contribution in [2.24, 2.45) is 0 Å². The van der Waals surface area contributed by atoms with E-state index < -0.39 is 0 Å². The fourth-order valence-corrected chi connectivity index (χ4v) is 2.40. The maximum Gasteiger partial charge on any atom is 0.118 e. The van der Waals surface area contributed by atoms with E-state index >= 15 is 0 Å². The fraction of sp³-hybridized carbons (Fsp3) is 0.571. The van der Waals surface area contributed by atoms with Crippen molar-refractivity contribution in [1.29, 1.82) is 0 Å². The van der Waals surface area contributed by atoms with Crippen molar-refractivity contribution in [1.82, 2.24) is 4.90 Å². The number of aromatic hydroxyl groups is 1. The Morgan fingerprint density at radius 1 is 1.19 bits per heavy atom. The molecular formula is C14H21NO. The Morgan fingerprint density at radius 2 is 1.94 bits per heavy atom. The molecule has 2 rings (SSSR count). The van der Waals surface area contributed by atoms with Crippen LogP contribution in [0.5, 0.6) is 5.75 Å². The maximum atomic E-state index is 9.63. The Kier molecular flexibility index (Phi) is 3.83. The average molecular weight is 219 g/mol. The van der Waals surface area contributed by atoms with E-state index in [-0.39, 0.29) is 0 Å². The first-order valence-electron chi connectivity index (χ1n) is 6.32. The Balaban J connectivity index is 2.03. The molecule has 0 atom stereocenters. The van der Waals surface area contributed by atoms with Gasteiger partial charge in [-0.2, -0.15) is 0 Å². The molecule has 1 aliphatic rings. The van der Waals surface area contributed by atoms with Gasteiger partial charge in [-0.25, -0.2) is 0 Å². The first-order valence-corrected chi connectivity index (χ1v) is 6.32. The van der Waals surface area contributed by atoms with Gasteiger partial charge in [0.05, 0.1) is 0 Å². The van der Waals surface area contributed by atoms with E-state index in [1.807, 2.05) is 12.1 Å². The third-order valence-electron chi connectivity index (χ3n) is 3.38. The molecule has 1 aromatic rings. The Morgan fingerprint density at radius 3 is 2.62 bits per heavy atom. The van der Waals surface area contributed by atoms with Gasteiger partial charge in [0.15, 0.2) is 0 Å². The third kappa shape index (κ3) is 2.76. The molecule has 16 heavy (non-hydrogen) atoms. The van der Waals surface area contributed by atoms with Gasteiger partial charge in [-0.1, -0.05) is 25.5 Å². The van der Waals surface area contributed by atoms with Crippen LogP contribution in [0.25, 0.3) is 0 Å². The van der Waals surface area contributed by atoms with Gasteiger partial charge < -0.3 is 5.11 Å². The quantitative estimate of drug-likeness (QED) is 0.845. The highest BCUT2D eigenvalue weighted by atomic mass is 16.3. The number of hydrogen-bond acceptors (Lipinski definition) is 2. The Labute approximate surface area is 97.9 Å². The minimum absolute atomic E-state index is 0.435. The summed E-state index contributed by atoms with van der Waals surface area (Å²) in [6.45, 7) is 5.57. The molecule has 0 aliphatic carbocycles. The fourth-order valence-electron chi connectivity index (χ4n) is 2.40.